The van der Waals surface area contributed by atoms with Gasteiger partial charge >= 0.3 is 0 Å². The summed E-state index contributed by atoms with van der Waals surface area (Å²) in [6, 6.07) is 0. The lowest BCUT2D eigenvalue weighted by atomic mass is 10.2. The molecule has 1 unspecified atom stereocenters. The van der Waals surface area contributed by atoms with Gasteiger partial charge in [0, 0.05) is 13.0 Å². The summed E-state index contributed by atoms with van der Waals surface area (Å²) in [5.74, 6) is 0.820. The molecule has 7 heteroatoms. The molecule has 106 valence electrons. The highest BCUT2D eigenvalue weighted by Gasteiger charge is 2.24. The fraction of sp³-hybridized carbons (Fsp3) is 0.462. The van der Waals surface area contributed by atoms with Crippen LogP contribution in [0.15, 0.2) is 12.7 Å². The van der Waals surface area contributed by atoms with Crippen molar-refractivity contribution in [2.24, 2.45) is 0 Å². The van der Waals surface area contributed by atoms with E-state index in [-0.39, 0.29) is 16.7 Å². The molecule has 1 aliphatic rings. The maximum Gasteiger partial charge on any atom is 0.225 e. The number of fused-ring (bicyclic) bond motifs is 1. The molecule has 5 nitrogen and oxygen atoms in total. The smallest absolute Gasteiger partial charge is 0.225 e. The number of imidazole rings is 1. The van der Waals surface area contributed by atoms with Gasteiger partial charge in [-0.25, -0.2) is 9.97 Å². The first-order valence-corrected chi connectivity index (χ1v) is 7.28. The molecular formula is C13H14Cl2N4O. The number of ether oxygens (including phenoxy) is 1. The zero-order chi connectivity index (χ0) is 14.1. The van der Waals surface area contributed by atoms with E-state index in [0.29, 0.717) is 17.6 Å². The van der Waals surface area contributed by atoms with Crippen molar-refractivity contribution in [2.75, 3.05) is 6.61 Å². The molecule has 0 aliphatic carbocycles. The van der Waals surface area contributed by atoms with Crippen LogP contribution < -0.4 is 0 Å². The van der Waals surface area contributed by atoms with E-state index in [9.17, 15) is 0 Å². The molecule has 2 aromatic heterocycles. The number of aromatic nitrogens is 4. The van der Waals surface area contributed by atoms with Crippen LogP contribution in [-0.4, -0.2) is 26.1 Å². The van der Waals surface area contributed by atoms with Crippen molar-refractivity contribution in [2.45, 2.75) is 31.9 Å². The Kier molecular flexibility index (Phi) is 3.92. The molecule has 3 rings (SSSR count). The highest BCUT2D eigenvalue weighted by molar-refractivity contribution is 6.35. The van der Waals surface area contributed by atoms with Gasteiger partial charge in [0.2, 0.25) is 5.28 Å². The minimum Gasteiger partial charge on any atom is -0.358 e. The predicted molar refractivity (Wildman–Crippen MR) is 78.1 cm³/mol. The van der Waals surface area contributed by atoms with Gasteiger partial charge in [0.1, 0.15) is 17.6 Å². The van der Waals surface area contributed by atoms with Crippen molar-refractivity contribution in [1.29, 1.82) is 0 Å². The molecule has 0 saturated carbocycles. The molecule has 0 spiro atoms. The average molecular weight is 313 g/mol. The van der Waals surface area contributed by atoms with E-state index in [4.69, 9.17) is 27.9 Å². The van der Waals surface area contributed by atoms with Crippen LogP contribution in [0.1, 0.15) is 31.3 Å². The van der Waals surface area contributed by atoms with Gasteiger partial charge in [-0.3, -0.25) is 4.57 Å². The lowest BCUT2D eigenvalue weighted by Crippen LogP contribution is -2.20. The molecule has 0 bridgehead atoms. The van der Waals surface area contributed by atoms with E-state index in [0.717, 1.165) is 31.7 Å². The first-order valence-electron chi connectivity index (χ1n) is 6.53. The first-order chi connectivity index (χ1) is 9.70. The molecule has 1 atom stereocenters. The predicted octanol–water partition coefficient (Wildman–Crippen LogP) is 3.56. The molecule has 0 N–H and O–H groups in total. The third-order valence-electron chi connectivity index (χ3n) is 3.31. The average Bonchev–Trinajstić information content (AvgIpc) is 2.79. The van der Waals surface area contributed by atoms with Crippen LogP contribution in [0.4, 0.5) is 0 Å². The van der Waals surface area contributed by atoms with Crippen LogP contribution >= 0.6 is 23.2 Å². The summed E-state index contributed by atoms with van der Waals surface area (Å²) >= 11 is 12.0. The minimum atomic E-state index is -0.0780. The van der Waals surface area contributed by atoms with Gasteiger partial charge in [0.15, 0.2) is 10.8 Å². The number of nitrogens with zero attached hydrogens (tertiary/aromatic N) is 4. The van der Waals surface area contributed by atoms with Crippen LogP contribution in [0.25, 0.3) is 11.2 Å². The Labute approximate surface area is 126 Å². The lowest BCUT2D eigenvalue weighted by molar-refractivity contribution is -0.0311. The summed E-state index contributed by atoms with van der Waals surface area (Å²) < 4.78 is 7.81. The number of rotatable bonds is 3. The molecule has 3 heterocycles. The third-order valence-corrected chi connectivity index (χ3v) is 3.75. The fourth-order valence-corrected chi connectivity index (χ4v) is 2.88. The Morgan fingerprint density at radius 3 is 2.85 bits per heavy atom. The van der Waals surface area contributed by atoms with Crippen molar-refractivity contribution in [3.05, 3.63) is 28.9 Å². The van der Waals surface area contributed by atoms with Gasteiger partial charge in [0.25, 0.3) is 0 Å². The number of hydrogen-bond donors (Lipinski definition) is 0. The van der Waals surface area contributed by atoms with E-state index in [1.165, 1.54) is 0 Å². The summed E-state index contributed by atoms with van der Waals surface area (Å²) in [5.41, 5.74) is 1.18. The summed E-state index contributed by atoms with van der Waals surface area (Å²) in [5, 5.41) is 0.379. The maximum absolute atomic E-state index is 6.11. The molecule has 1 aliphatic heterocycles. The van der Waals surface area contributed by atoms with Crippen LogP contribution in [0.2, 0.25) is 10.4 Å². The van der Waals surface area contributed by atoms with Gasteiger partial charge in [-0.05, 0) is 30.9 Å². The van der Waals surface area contributed by atoms with Crippen molar-refractivity contribution in [1.82, 2.24) is 19.5 Å². The second kappa shape index (κ2) is 5.68. The summed E-state index contributed by atoms with van der Waals surface area (Å²) in [4.78, 5) is 12.7. The van der Waals surface area contributed by atoms with Crippen LogP contribution in [0.5, 0.6) is 0 Å². The quantitative estimate of drug-likeness (QED) is 0.494. The first kappa shape index (κ1) is 13.8. The molecule has 0 radical (unpaired) electrons. The number of hydrogen-bond acceptors (Lipinski definition) is 4. The van der Waals surface area contributed by atoms with Crippen molar-refractivity contribution in [3.8, 4) is 0 Å². The van der Waals surface area contributed by atoms with Crippen molar-refractivity contribution in [3.63, 3.8) is 0 Å². The van der Waals surface area contributed by atoms with E-state index >= 15 is 0 Å². The summed E-state index contributed by atoms with van der Waals surface area (Å²) in [6.07, 6.45) is 5.45. The topological polar surface area (TPSA) is 52.8 Å². The zero-order valence-electron chi connectivity index (χ0n) is 10.9. The Balaban J connectivity index is 2.19. The lowest BCUT2D eigenvalue weighted by Gasteiger charge is -2.25. The van der Waals surface area contributed by atoms with E-state index < -0.39 is 0 Å². The Morgan fingerprint density at radius 1 is 1.30 bits per heavy atom. The van der Waals surface area contributed by atoms with E-state index in [2.05, 4.69) is 21.5 Å². The van der Waals surface area contributed by atoms with Crippen molar-refractivity contribution < 1.29 is 4.74 Å². The van der Waals surface area contributed by atoms with Crippen LogP contribution in [0.3, 0.4) is 0 Å². The largest absolute Gasteiger partial charge is 0.358 e. The van der Waals surface area contributed by atoms with E-state index in [1.807, 2.05) is 4.57 Å². The minimum absolute atomic E-state index is 0.0780. The molecule has 0 aromatic carbocycles. The van der Waals surface area contributed by atoms with Gasteiger partial charge < -0.3 is 4.74 Å². The van der Waals surface area contributed by atoms with Gasteiger partial charge in [-0.2, -0.15) is 4.98 Å². The molecular weight excluding hydrogens is 299 g/mol. The monoisotopic (exact) mass is 312 g/mol. The van der Waals surface area contributed by atoms with Crippen LogP contribution in [0, 0.1) is 0 Å². The second-order valence-corrected chi connectivity index (χ2v) is 5.36. The van der Waals surface area contributed by atoms with Crippen LogP contribution in [-0.2, 0) is 11.2 Å². The second-order valence-electron chi connectivity index (χ2n) is 4.67. The van der Waals surface area contributed by atoms with Gasteiger partial charge in [-0.15, -0.1) is 6.58 Å². The molecule has 20 heavy (non-hydrogen) atoms. The van der Waals surface area contributed by atoms with Crippen molar-refractivity contribution >= 4 is 34.4 Å². The Hall–Kier alpha value is -1.17. The highest BCUT2D eigenvalue weighted by atomic mass is 35.5. The Bertz CT molecular complexity index is 649. The standard InChI is InChI=1S/C13H14Cl2N4O/c1-2-5-8-16-10-11(14)17-13(15)18-12(10)19(8)9-6-3-4-7-20-9/h2,9H,1,3-7H2. The Morgan fingerprint density at radius 2 is 2.15 bits per heavy atom. The summed E-state index contributed by atoms with van der Waals surface area (Å²) in [6.45, 7) is 4.50. The van der Waals surface area contributed by atoms with Gasteiger partial charge in [-0.1, -0.05) is 17.7 Å². The van der Waals surface area contributed by atoms with Gasteiger partial charge in [0.05, 0.1) is 0 Å². The number of allylic oxidation sites excluding steroid dienone is 1. The maximum atomic E-state index is 6.11. The molecule has 1 saturated heterocycles. The molecule has 2 aromatic rings. The normalized spacial score (nSPS) is 19.4. The number of halogens is 2. The highest BCUT2D eigenvalue weighted by Crippen LogP contribution is 2.30. The molecule has 1 fully saturated rings. The summed E-state index contributed by atoms with van der Waals surface area (Å²) in [7, 11) is 0. The van der Waals surface area contributed by atoms with E-state index in [1.54, 1.807) is 6.08 Å². The zero-order valence-corrected chi connectivity index (χ0v) is 12.4. The SMILES string of the molecule is C=CCc1nc2c(Cl)nc(Cl)nc2n1C1CCCCO1. The molecule has 0 amide bonds. The third kappa shape index (κ3) is 2.41. The fourth-order valence-electron chi connectivity index (χ4n) is 2.46.